The molecule has 0 heterocycles. The van der Waals surface area contributed by atoms with E-state index in [0.29, 0.717) is 27.5 Å². The minimum absolute atomic E-state index is 0.316. The van der Waals surface area contributed by atoms with Crippen LogP contribution in [0, 0.1) is 18.3 Å². The number of nitrogens with zero attached hydrogens (tertiary/aromatic N) is 1. The molecule has 2 aromatic carbocycles. The molecule has 0 atom stereocenters. The molecule has 0 aromatic heterocycles. The molecule has 2 N–H and O–H groups in total. The first kappa shape index (κ1) is 14.9. The van der Waals surface area contributed by atoms with Crippen LogP contribution in [0.1, 0.15) is 21.5 Å². The summed E-state index contributed by atoms with van der Waals surface area (Å²) in [5, 5.41) is 15.4. The van der Waals surface area contributed by atoms with Gasteiger partial charge in [0.25, 0.3) is 5.91 Å². The van der Waals surface area contributed by atoms with Gasteiger partial charge < -0.3 is 10.6 Å². The molecule has 21 heavy (non-hydrogen) atoms. The molecular formula is C16H14ClN3O. The molecule has 0 spiro atoms. The zero-order valence-corrected chi connectivity index (χ0v) is 12.5. The summed E-state index contributed by atoms with van der Waals surface area (Å²) >= 11 is 5.94. The van der Waals surface area contributed by atoms with E-state index in [4.69, 9.17) is 11.6 Å². The first-order chi connectivity index (χ1) is 10.1. The molecule has 0 saturated heterocycles. The Hall–Kier alpha value is -2.51. The number of hydrogen-bond acceptors (Lipinski definition) is 3. The van der Waals surface area contributed by atoms with Gasteiger partial charge in [-0.2, -0.15) is 5.26 Å². The van der Waals surface area contributed by atoms with Crippen LogP contribution in [-0.2, 0) is 0 Å². The lowest BCUT2D eigenvalue weighted by atomic mass is 10.1. The number of halogens is 1. The molecule has 0 fully saturated rings. The largest absolute Gasteiger partial charge is 0.387 e. The van der Waals surface area contributed by atoms with Crippen molar-refractivity contribution in [2.24, 2.45) is 0 Å². The molecule has 0 aliphatic carbocycles. The van der Waals surface area contributed by atoms with E-state index >= 15 is 0 Å². The standard InChI is InChI=1S/C16H14ClN3O/c1-10-4-3-5-15(13(10)9-18)20-16(21)12-8-11(17)6-7-14(12)19-2/h3-8,19H,1-2H3,(H,20,21). The van der Waals surface area contributed by atoms with Gasteiger partial charge >= 0.3 is 0 Å². The normalized spacial score (nSPS) is 9.81. The predicted octanol–water partition coefficient (Wildman–Crippen LogP) is 3.81. The Morgan fingerprint density at radius 3 is 2.67 bits per heavy atom. The fraction of sp³-hybridized carbons (Fsp3) is 0.125. The van der Waals surface area contributed by atoms with Crippen LogP contribution < -0.4 is 10.6 Å². The van der Waals surface area contributed by atoms with Gasteiger partial charge in [-0.25, -0.2) is 0 Å². The Balaban J connectivity index is 2.38. The number of nitrogens with one attached hydrogen (secondary N) is 2. The summed E-state index contributed by atoms with van der Waals surface area (Å²) in [6.07, 6.45) is 0. The van der Waals surface area contributed by atoms with E-state index in [-0.39, 0.29) is 5.91 Å². The molecule has 4 nitrogen and oxygen atoms in total. The molecule has 5 heteroatoms. The van der Waals surface area contributed by atoms with Crippen molar-refractivity contribution in [3.63, 3.8) is 0 Å². The van der Waals surface area contributed by atoms with Crippen molar-refractivity contribution in [3.05, 3.63) is 58.1 Å². The third kappa shape index (κ3) is 3.15. The third-order valence-electron chi connectivity index (χ3n) is 3.13. The van der Waals surface area contributed by atoms with Crippen LogP contribution in [0.15, 0.2) is 36.4 Å². The second kappa shape index (κ2) is 6.29. The fourth-order valence-electron chi connectivity index (χ4n) is 2.03. The highest BCUT2D eigenvalue weighted by Crippen LogP contribution is 2.23. The van der Waals surface area contributed by atoms with Crippen molar-refractivity contribution in [1.29, 1.82) is 5.26 Å². The van der Waals surface area contributed by atoms with Crippen LogP contribution >= 0.6 is 11.6 Å². The maximum atomic E-state index is 12.4. The van der Waals surface area contributed by atoms with Gasteiger partial charge in [0.2, 0.25) is 0 Å². The lowest BCUT2D eigenvalue weighted by Gasteiger charge is -2.12. The minimum atomic E-state index is -0.316. The summed E-state index contributed by atoms with van der Waals surface area (Å²) in [5.41, 5.74) is 2.86. The number of benzene rings is 2. The average Bonchev–Trinajstić information content (AvgIpc) is 2.47. The van der Waals surface area contributed by atoms with Gasteiger partial charge in [-0.1, -0.05) is 23.7 Å². The van der Waals surface area contributed by atoms with Crippen LogP contribution in [0.4, 0.5) is 11.4 Å². The van der Waals surface area contributed by atoms with Crippen molar-refractivity contribution < 1.29 is 4.79 Å². The summed E-state index contributed by atoms with van der Waals surface area (Å²) in [4.78, 5) is 12.4. The molecular weight excluding hydrogens is 286 g/mol. The Labute approximate surface area is 128 Å². The number of carbonyl (C=O) groups is 1. The van der Waals surface area contributed by atoms with Crippen LogP contribution in [0.5, 0.6) is 0 Å². The van der Waals surface area contributed by atoms with E-state index < -0.39 is 0 Å². The summed E-state index contributed by atoms with van der Waals surface area (Å²) < 4.78 is 0. The van der Waals surface area contributed by atoms with Crippen molar-refractivity contribution in [2.45, 2.75) is 6.92 Å². The Morgan fingerprint density at radius 1 is 1.24 bits per heavy atom. The molecule has 2 aromatic rings. The first-order valence-corrected chi connectivity index (χ1v) is 6.73. The van der Waals surface area contributed by atoms with Crippen molar-refractivity contribution in [3.8, 4) is 6.07 Å². The first-order valence-electron chi connectivity index (χ1n) is 6.35. The topological polar surface area (TPSA) is 64.9 Å². The Kier molecular flexibility index (Phi) is 4.46. The highest BCUT2D eigenvalue weighted by Gasteiger charge is 2.14. The van der Waals surface area contributed by atoms with Gasteiger partial charge in [0.1, 0.15) is 6.07 Å². The number of amides is 1. The fourth-order valence-corrected chi connectivity index (χ4v) is 2.20. The number of rotatable bonds is 3. The Bertz CT molecular complexity index is 735. The molecule has 0 unspecified atom stereocenters. The van der Waals surface area contributed by atoms with Crippen LogP contribution in [0.2, 0.25) is 5.02 Å². The van der Waals surface area contributed by atoms with Gasteiger partial charge in [-0.05, 0) is 36.8 Å². The number of anilines is 2. The van der Waals surface area contributed by atoms with Crippen molar-refractivity contribution >= 4 is 28.9 Å². The van der Waals surface area contributed by atoms with Crippen LogP contribution in [0.25, 0.3) is 0 Å². The van der Waals surface area contributed by atoms with Gasteiger partial charge in [-0.15, -0.1) is 0 Å². The smallest absolute Gasteiger partial charge is 0.257 e. The van der Waals surface area contributed by atoms with Gasteiger partial charge in [-0.3, -0.25) is 4.79 Å². The SMILES string of the molecule is CNc1ccc(Cl)cc1C(=O)Nc1cccc(C)c1C#N. The van der Waals surface area contributed by atoms with Crippen LogP contribution in [0.3, 0.4) is 0 Å². The second-order valence-electron chi connectivity index (χ2n) is 4.50. The maximum absolute atomic E-state index is 12.4. The number of aryl methyl sites for hydroxylation is 1. The monoisotopic (exact) mass is 299 g/mol. The molecule has 0 aliphatic heterocycles. The van der Waals surface area contributed by atoms with E-state index in [1.807, 2.05) is 13.0 Å². The highest BCUT2D eigenvalue weighted by atomic mass is 35.5. The maximum Gasteiger partial charge on any atom is 0.257 e. The van der Waals surface area contributed by atoms with Gasteiger partial charge in [0.15, 0.2) is 0 Å². The molecule has 0 aliphatic rings. The van der Waals surface area contributed by atoms with Gasteiger partial charge in [0, 0.05) is 17.8 Å². The van der Waals surface area contributed by atoms with Crippen molar-refractivity contribution in [1.82, 2.24) is 0 Å². The molecule has 0 radical (unpaired) electrons. The van der Waals surface area contributed by atoms with E-state index in [2.05, 4.69) is 16.7 Å². The summed E-state index contributed by atoms with van der Waals surface area (Å²) in [6, 6.07) is 12.5. The Morgan fingerprint density at radius 2 is 2.00 bits per heavy atom. The molecule has 106 valence electrons. The van der Waals surface area contributed by atoms with E-state index in [0.717, 1.165) is 5.56 Å². The molecule has 2 rings (SSSR count). The number of hydrogen-bond donors (Lipinski definition) is 2. The number of carbonyl (C=O) groups excluding carboxylic acids is 1. The number of nitriles is 1. The van der Waals surface area contributed by atoms with Gasteiger partial charge in [0.05, 0.1) is 16.8 Å². The molecule has 0 bridgehead atoms. The summed E-state index contributed by atoms with van der Waals surface area (Å²) in [6.45, 7) is 1.83. The minimum Gasteiger partial charge on any atom is -0.387 e. The van der Waals surface area contributed by atoms with E-state index in [1.165, 1.54) is 0 Å². The van der Waals surface area contributed by atoms with E-state index in [1.54, 1.807) is 37.4 Å². The summed E-state index contributed by atoms with van der Waals surface area (Å²) in [5.74, 6) is -0.316. The predicted molar refractivity (Wildman–Crippen MR) is 84.8 cm³/mol. The quantitative estimate of drug-likeness (QED) is 0.905. The van der Waals surface area contributed by atoms with E-state index in [9.17, 15) is 10.1 Å². The highest BCUT2D eigenvalue weighted by molar-refractivity contribution is 6.31. The van der Waals surface area contributed by atoms with Crippen LogP contribution in [-0.4, -0.2) is 13.0 Å². The lowest BCUT2D eigenvalue weighted by molar-refractivity contribution is 0.102. The molecule has 1 amide bonds. The molecule has 0 saturated carbocycles. The average molecular weight is 300 g/mol. The zero-order chi connectivity index (χ0) is 15.4. The summed E-state index contributed by atoms with van der Waals surface area (Å²) in [7, 11) is 1.73. The zero-order valence-electron chi connectivity index (χ0n) is 11.7. The third-order valence-corrected chi connectivity index (χ3v) is 3.36. The lowest BCUT2D eigenvalue weighted by Crippen LogP contribution is -2.15. The van der Waals surface area contributed by atoms with Crippen molar-refractivity contribution in [2.75, 3.05) is 17.7 Å². The second-order valence-corrected chi connectivity index (χ2v) is 4.94.